The first-order valence-corrected chi connectivity index (χ1v) is 10.5. The third kappa shape index (κ3) is 4.77. The molecule has 0 saturated carbocycles. The number of nitrogens with zero attached hydrogens (tertiary/aromatic N) is 1. The molecule has 4 nitrogen and oxygen atoms in total. The minimum absolute atomic E-state index is 0. The number of para-hydroxylation sites is 1. The van der Waals surface area contributed by atoms with Crippen LogP contribution in [0.5, 0.6) is 0 Å². The Balaban J connectivity index is 0.00000240. The number of rotatable bonds is 5. The van der Waals surface area contributed by atoms with Gasteiger partial charge in [-0.3, -0.25) is 4.79 Å². The number of halogens is 2. The van der Waals surface area contributed by atoms with Crippen LogP contribution in [-0.4, -0.2) is 37.0 Å². The second-order valence-electron chi connectivity index (χ2n) is 7.00. The monoisotopic (exact) mass is 434 g/mol. The number of fused-ring (bicyclic) bond motifs is 1. The van der Waals surface area contributed by atoms with Crippen molar-refractivity contribution in [3.8, 4) is 0 Å². The van der Waals surface area contributed by atoms with Crippen LogP contribution in [0.15, 0.2) is 57.8 Å². The maximum Gasteiger partial charge on any atom is 0.289 e. The van der Waals surface area contributed by atoms with E-state index in [0.717, 1.165) is 47.4 Å². The third-order valence-corrected chi connectivity index (χ3v) is 6.32. The molecule has 29 heavy (non-hydrogen) atoms. The normalized spacial score (nSPS) is 14.8. The molecule has 4 rings (SSSR count). The molecule has 0 spiro atoms. The topological polar surface area (TPSA) is 45.5 Å². The van der Waals surface area contributed by atoms with Crippen molar-refractivity contribution in [3.05, 3.63) is 65.7 Å². The van der Waals surface area contributed by atoms with Crippen LogP contribution in [-0.2, 0) is 5.75 Å². The lowest BCUT2D eigenvalue weighted by molar-refractivity contribution is 0.0676. The van der Waals surface area contributed by atoms with E-state index in [4.69, 9.17) is 4.42 Å². The van der Waals surface area contributed by atoms with Crippen LogP contribution in [0.3, 0.4) is 0 Å². The fourth-order valence-electron chi connectivity index (χ4n) is 3.62. The average molecular weight is 435 g/mol. The SMILES string of the molecule is CNC1CCN(C(=O)c2oc3ccccc3c2CSc2ccc(F)cc2)CC1.Cl. The largest absolute Gasteiger partial charge is 0.451 e. The quantitative estimate of drug-likeness (QED) is 0.567. The van der Waals surface area contributed by atoms with Gasteiger partial charge in [0.25, 0.3) is 5.91 Å². The van der Waals surface area contributed by atoms with Gasteiger partial charge in [-0.2, -0.15) is 0 Å². The number of carbonyl (C=O) groups is 1. The highest BCUT2D eigenvalue weighted by Crippen LogP contribution is 2.33. The number of benzene rings is 2. The lowest BCUT2D eigenvalue weighted by atomic mass is 10.0. The Hall–Kier alpha value is -2.02. The lowest BCUT2D eigenvalue weighted by Gasteiger charge is -2.31. The van der Waals surface area contributed by atoms with Crippen molar-refractivity contribution in [3.63, 3.8) is 0 Å². The minimum atomic E-state index is -0.251. The molecule has 1 saturated heterocycles. The molecule has 1 N–H and O–H groups in total. The van der Waals surface area contributed by atoms with Crippen molar-refractivity contribution >= 4 is 41.0 Å². The van der Waals surface area contributed by atoms with Gasteiger partial charge in [0.1, 0.15) is 11.4 Å². The predicted molar refractivity (Wildman–Crippen MR) is 117 cm³/mol. The standard InChI is InChI=1S/C22H23FN2O2S.ClH/c1-24-16-10-12-25(13-11-16)22(26)21-19(18-4-2-3-5-20(18)27-21)14-28-17-8-6-15(23)7-9-17;/h2-9,16,24H,10-14H2,1H3;1H. The van der Waals surface area contributed by atoms with Gasteiger partial charge >= 0.3 is 0 Å². The predicted octanol–water partition coefficient (Wildman–Crippen LogP) is 5.11. The summed E-state index contributed by atoms with van der Waals surface area (Å²) in [6, 6.07) is 14.6. The number of hydrogen-bond acceptors (Lipinski definition) is 4. The van der Waals surface area contributed by atoms with E-state index in [9.17, 15) is 9.18 Å². The Bertz CT molecular complexity index is 969. The second kappa shape index (κ2) is 9.65. The zero-order valence-electron chi connectivity index (χ0n) is 16.2. The Labute approximate surface area is 180 Å². The molecule has 3 aromatic rings. The molecule has 1 amide bonds. The van der Waals surface area contributed by atoms with Crippen LogP contribution >= 0.6 is 24.2 Å². The van der Waals surface area contributed by atoms with E-state index in [-0.39, 0.29) is 24.1 Å². The molecule has 0 bridgehead atoms. The van der Waals surface area contributed by atoms with Gasteiger partial charge in [-0.25, -0.2) is 4.39 Å². The summed E-state index contributed by atoms with van der Waals surface area (Å²) in [5, 5.41) is 4.25. The Morgan fingerprint density at radius 2 is 1.86 bits per heavy atom. The number of furan rings is 1. The Kier molecular flexibility index (Phi) is 7.22. The van der Waals surface area contributed by atoms with Gasteiger partial charge in [-0.1, -0.05) is 18.2 Å². The molecule has 0 radical (unpaired) electrons. The number of thioether (sulfide) groups is 1. The summed E-state index contributed by atoms with van der Waals surface area (Å²) in [7, 11) is 1.96. The summed E-state index contributed by atoms with van der Waals surface area (Å²) in [4.78, 5) is 16.0. The molecule has 0 aliphatic carbocycles. The molecule has 1 aliphatic heterocycles. The van der Waals surface area contributed by atoms with Crippen LogP contribution in [0.4, 0.5) is 4.39 Å². The summed E-state index contributed by atoms with van der Waals surface area (Å²) in [5.74, 6) is 0.731. The summed E-state index contributed by atoms with van der Waals surface area (Å²) in [6.45, 7) is 1.46. The third-order valence-electron chi connectivity index (χ3n) is 5.28. The van der Waals surface area contributed by atoms with Crippen molar-refractivity contribution < 1.29 is 13.6 Å². The highest BCUT2D eigenvalue weighted by atomic mass is 35.5. The Morgan fingerprint density at radius 1 is 1.17 bits per heavy atom. The van der Waals surface area contributed by atoms with Crippen LogP contribution in [0, 0.1) is 5.82 Å². The Morgan fingerprint density at radius 3 is 2.55 bits per heavy atom. The number of piperidine rings is 1. The summed E-state index contributed by atoms with van der Waals surface area (Å²) >= 11 is 1.58. The van der Waals surface area contributed by atoms with Crippen molar-refractivity contribution in [1.82, 2.24) is 10.2 Å². The maximum absolute atomic E-state index is 13.2. The van der Waals surface area contributed by atoms with Gasteiger partial charge in [0.15, 0.2) is 5.76 Å². The highest BCUT2D eigenvalue weighted by Gasteiger charge is 2.28. The van der Waals surface area contributed by atoms with Crippen LogP contribution in [0.25, 0.3) is 11.0 Å². The number of nitrogens with one attached hydrogen (secondary N) is 1. The first-order chi connectivity index (χ1) is 13.7. The highest BCUT2D eigenvalue weighted by molar-refractivity contribution is 7.98. The number of carbonyl (C=O) groups excluding carboxylic acids is 1. The van der Waals surface area contributed by atoms with Gasteiger partial charge < -0.3 is 14.6 Å². The fraction of sp³-hybridized carbons (Fsp3) is 0.318. The summed E-state index contributed by atoms with van der Waals surface area (Å²) in [5.41, 5.74) is 1.64. The molecule has 7 heteroatoms. The van der Waals surface area contributed by atoms with E-state index in [2.05, 4.69) is 5.32 Å². The molecule has 1 fully saturated rings. The number of amides is 1. The molecule has 0 unspecified atom stereocenters. The van der Waals surface area contributed by atoms with E-state index in [1.54, 1.807) is 23.9 Å². The second-order valence-corrected chi connectivity index (χ2v) is 8.05. The van der Waals surface area contributed by atoms with E-state index in [1.165, 1.54) is 12.1 Å². The average Bonchev–Trinajstić information content (AvgIpc) is 3.11. The number of hydrogen-bond donors (Lipinski definition) is 1. The van der Waals surface area contributed by atoms with Crippen LogP contribution < -0.4 is 5.32 Å². The van der Waals surface area contributed by atoms with Gasteiger partial charge in [-0.05, 0) is 50.2 Å². The van der Waals surface area contributed by atoms with Gasteiger partial charge in [0.2, 0.25) is 0 Å². The minimum Gasteiger partial charge on any atom is -0.451 e. The van der Waals surface area contributed by atoms with Crippen molar-refractivity contribution in [2.24, 2.45) is 0 Å². The molecule has 2 aromatic carbocycles. The van der Waals surface area contributed by atoms with Crippen molar-refractivity contribution in [2.75, 3.05) is 20.1 Å². The molecular weight excluding hydrogens is 411 g/mol. The molecular formula is C22H24ClFN2O2S. The van der Waals surface area contributed by atoms with E-state index in [1.807, 2.05) is 36.2 Å². The smallest absolute Gasteiger partial charge is 0.289 e. The first kappa shape index (κ1) is 21.7. The van der Waals surface area contributed by atoms with E-state index < -0.39 is 0 Å². The van der Waals surface area contributed by atoms with Crippen LogP contribution in [0.2, 0.25) is 0 Å². The molecule has 1 aromatic heterocycles. The zero-order chi connectivity index (χ0) is 19.5. The van der Waals surface area contributed by atoms with Gasteiger partial charge in [-0.15, -0.1) is 24.2 Å². The fourth-order valence-corrected chi connectivity index (χ4v) is 4.54. The molecule has 0 atom stereocenters. The van der Waals surface area contributed by atoms with E-state index in [0.29, 0.717) is 17.6 Å². The van der Waals surface area contributed by atoms with E-state index >= 15 is 0 Å². The first-order valence-electron chi connectivity index (χ1n) is 9.51. The molecule has 2 heterocycles. The zero-order valence-corrected chi connectivity index (χ0v) is 17.8. The molecule has 154 valence electrons. The van der Waals surface area contributed by atoms with Crippen molar-refractivity contribution in [2.45, 2.75) is 29.5 Å². The number of likely N-dealkylation sites (tertiary alicyclic amines) is 1. The van der Waals surface area contributed by atoms with Gasteiger partial charge in [0, 0.05) is 40.7 Å². The maximum atomic E-state index is 13.2. The van der Waals surface area contributed by atoms with Crippen LogP contribution in [0.1, 0.15) is 29.0 Å². The molecule has 1 aliphatic rings. The summed E-state index contributed by atoms with van der Waals surface area (Å²) < 4.78 is 19.2. The van der Waals surface area contributed by atoms with Gasteiger partial charge in [0.05, 0.1) is 0 Å². The van der Waals surface area contributed by atoms with Crippen molar-refractivity contribution in [1.29, 1.82) is 0 Å². The lowest BCUT2D eigenvalue weighted by Crippen LogP contribution is -2.44. The summed E-state index contributed by atoms with van der Waals surface area (Å²) in [6.07, 6.45) is 1.89.